The van der Waals surface area contributed by atoms with Gasteiger partial charge in [-0.05, 0) is 54.4 Å². The van der Waals surface area contributed by atoms with E-state index >= 15 is 0 Å². The first-order valence-corrected chi connectivity index (χ1v) is 13.4. The molecule has 0 bridgehead atoms. The molecule has 1 heterocycles. The molecule has 0 aliphatic rings. The fourth-order valence-corrected chi connectivity index (χ4v) is 5.22. The summed E-state index contributed by atoms with van der Waals surface area (Å²) in [6.45, 7) is 1.67. The normalized spacial score (nSPS) is 11.9. The molecule has 0 aliphatic heterocycles. The van der Waals surface area contributed by atoms with Crippen LogP contribution in [0.2, 0.25) is 10.0 Å². The van der Waals surface area contributed by atoms with Gasteiger partial charge in [-0.25, -0.2) is 4.79 Å². The second kappa shape index (κ2) is 12.2. The van der Waals surface area contributed by atoms with Crippen molar-refractivity contribution in [1.29, 1.82) is 0 Å². The number of benzene rings is 3. The second-order valence-electron chi connectivity index (χ2n) is 8.65. The maximum Gasteiger partial charge on any atom is 0.416 e. The van der Waals surface area contributed by atoms with Crippen LogP contribution in [0.3, 0.4) is 0 Å². The van der Waals surface area contributed by atoms with Gasteiger partial charge in [-0.15, -0.1) is 10.2 Å². The zero-order valence-electron chi connectivity index (χ0n) is 20.9. The zero-order valence-corrected chi connectivity index (χ0v) is 23.2. The number of urea groups is 1. The Labute approximate surface area is 244 Å². The lowest BCUT2D eigenvalue weighted by molar-refractivity contribution is -0.143. The number of rotatable bonds is 7. The molecule has 0 spiro atoms. The maximum atomic E-state index is 13.2. The lowest BCUT2D eigenvalue weighted by Crippen LogP contribution is -2.29. The van der Waals surface area contributed by atoms with E-state index in [1.165, 1.54) is 17.8 Å². The molecule has 2 N–H and O–H groups in total. The van der Waals surface area contributed by atoms with Gasteiger partial charge in [0.2, 0.25) is 0 Å². The smallest absolute Gasteiger partial charge is 0.331 e. The summed E-state index contributed by atoms with van der Waals surface area (Å²) in [5, 5.41) is 13.8. The standard InChI is InChI=1S/C26H19Cl2F6N5OS/c1-14-4-2-3-5-15(14)13-41-24-38-37-22(39(24)21-7-6-18(27)11-20(21)28)12-35-23(40)36-19-9-16(25(29,30)31)8-17(10-19)26(32,33)34/h2-11H,12-13H2,1H3,(H2,35,36,40). The molecule has 2 amide bonds. The van der Waals surface area contributed by atoms with Crippen molar-refractivity contribution >= 4 is 46.7 Å². The molecule has 0 radical (unpaired) electrons. The van der Waals surface area contributed by atoms with Gasteiger partial charge in [0.25, 0.3) is 0 Å². The summed E-state index contributed by atoms with van der Waals surface area (Å²) in [7, 11) is 0. The molecule has 0 atom stereocenters. The van der Waals surface area contributed by atoms with Gasteiger partial charge in [0.15, 0.2) is 11.0 Å². The van der Waals surface area contributed by atoms with E-state index in [0.29, 0.717) is 33.8 Å². The Morgan fingerprint density at radius 1 is 0.927 bits per heavy atom. The molecule has 4 rings (SSSR count). The molecule has 3 aromatic carbocycles. The largest absolute Gasteiger partial charge is 0.416 e. The zero-order chi connectivity index (χ0) is 29.9. The molecule has 1 aromatic heterocycles. The molecule has 0 unspecified atom stereocenters. The van der Waals surface area contributed by atoms with Crippen LogP contribution in [0.4, 0.5) is 36.8 Å². The van der Waals surface area contributed by atoms with Crippen molar-refractivity contribution in [2.75, 3.05) is 5.32 Å². The predicted molar refractivity (Wildman–Crippen MR) is 144 cm³/mol. The van der Waals surface area contributed by atoms with Gasteiger partial charge in [0.05, 0.1) is 28.4 Å². The monoisotopic (exact) mass is 633 g/mol. The summed E-state index contributed by atoms with van der Waals surface area (Å²) < 4.78 is 80.6. The highest BCUT2D eigenvalue weighted by Crippen LogP contribution is 2.37. The lowest BCUT2D eigenvalue weighted by Gasteiger charge is -2.15. The van der Waals surface area contributed by atoms with Crippen LogP contribution in [0.15, 0.2) is 65.8 Å². The molecular weight excluding hydrogens is 615 g/mol. The van der Waals surface area contributed by atoms with Crippen molar-refractivity contribution in [3.05, 3.63) is 98.8 Å². The quantitative estimate of drug-likeness (QED) is 0.158. The van der Waals surface area contributed by atoms with Crippen molar-refractivity contribution in [1.82, 2.24) is 20.1 Å². The Hall–Kier alpha value is -3.42. The third-order valence-corrected chi connectivity index (χ3v) is 7.24. The fraction of sp³-hybridized carbons (Fsp3) is 0.192. The number of aryl methyl sites for hydroxylation is 1. The topological polar surface area (TPSA) is 71.8 Å². The average molecular weight is 634 g/mol. The van der Waals surface area contributed by atoms with Crippen molar-refractivity contribution in [2.24, 2.45) is 0 Å². The van der Waals surface area contributed by atoms with Crippen LogP contribution in [0, 0.1) is 6.92 Å². The van der Waals surface area contributed by atoms with Crippen LogP contribution in [-0.2, 0) is 24.7 Å². The van der Waals surface area contributed by atoms with Crippen LogP contribution < -0.4 is 10.6 Å². The first kappa shape index (κ1) is 30.5. The minimum Gasteiger partial charge on any atom is -0.331 e. The highest BCUT2D eigenvalue weighted by atomic mass is 35.5. The van der Waals surface area contributed by atoms with Gasteiger partial charge in [-0.2, -0.15) is 26.3 Å². The van der Waals surface area contributed by atoms with E-state index in [1.807, 2.05) is 36.5 Å². The molecule has 0 aliphatic carbocycles. The van der Waals surface area contributed by atoms with E-state index in [9.17, 15) is 31.1 Å². The minimum atomic E-state index is -5.06. The number of carbonyl (C=O) groups excluding carboxylic acids is 1. The third kappa shape index (κ3) is 7.66. The van der Waals surface area contributed by atoms with Gasteiger partial charge >= 0.3 is 18.4 Å². The SMILES string of the molecule is Cc1ccccc1CSc1nnc(CNC(=O)Nc2cc(C(F)(F)F)cc(C(F)(F)F)c2)n1-c1ccc(Cl)cc1Cl. The van der Waals surface area contributed by atoms with Crippen LogP contribution in [0.25, 0.3) is 5.69 Å². The number of carbonyl (C=O) groups is 1. The van der Waals surface area contributed by atoms with E-state index in [4.69, 9.17) is 23.2 Å². The first-order valence-electron chi connectivity index (χ1n) is 11.6. The molecular formula is C26H19Cl2F6N5OS. The number of anilines is 1. The van der Waals surface area contributed by atoms with Crippen LogP contribution >= 0.6 is 35.0 Å². The Morgan fingerprint density at radius 2 is 1.59 bits per heavy atom. The van der Waals surface area contributed by atoms with E-state index < -0.39 is 35.2 Å². The number of alkyl halides is 6. The van der Waals surface area contributed by atoms with E-state index in [2.05, 4.69) is 15.5 Å². The number of nitrogens with zero attached hydrogens (tertiary/aromatic N) is 3. The van der Waals surface area contributed by atoms with E-state index in [-0.39, 0.29) is 23.5 Å². The van der Waals surface area contributed by atoms with E-state index in [0.717, 1.165) is 11.1 Å². The summed E-state index contributed by atoms with van der Waals surface area (Å²) in [6.07, 6.45) is -10.1. The van der Waals surface area contributed by atoms with Gasteiger partial charge in [-0.3, -0.25) is 4.57 Å². The number of thioether (sulfide) groups is 1. The Balaban J connectivity index is 1.57. The third-order valence-electron chi connectivity index (χ3n) is 5.72. The lowest BCUT2D eigenvalue weighted by atomic mass is 10.1. The van der Waals surface area contributed by atoms with Crippen molar-refractivity contribution < 1.29 is 31.1 Å². The summed E-state index contributed by atoms with van der Waals surface area (Å²) in [6, 6.07) is 12.2. The van der Waals surface area contributed by atoms with Crippen molar-refractivity contribution in [3.63, 3.8) is 0 Å². The number of nitrogens with one attached hydrogen (secondary N) is 2. The van der Waals surface area contributed by atoms with Crippen LogP contribution in [0.5, 0.6) is 0 Å². The average Bonchev–Trinajstić information content (AvgIpc) is 3.28. The van der Waals surface area contributed by atoms with E-state index in [1.54, 1.807) is 16.7 Å². The van der Waals surface area contributed by atoms with Gasteiger partial charge in [0.1, 0.15) is 0 Å². The molecule has 0 saturated heterocycles. The van der Waals surface area contributed by atoms with Crippen molar-refractivity contribution in [3.8, 4) is 5.69 Å². The Bertz CT molecular complexity index is 1540. The number of halogens is 8. The Morgan fingerprint density at radius 3 is 2.20 bits per heavy atom. The minimum absolute atomic E-state index is 0.0302. The van der Waals surface area contributed by atoms with Crippen LogP contribution in [-0.4, -0.2) is 20.8 Å². The van der Waals surface area contributed by atoms with Gasteiger partial charge < -0.3 is 10.6 Å². The maximum absolute atomic E-state index is 13.2. The predicted octanol–water partition coefficient (Wildman–Crippen LogP) is 8.53. The Kier molecular flexibility index (Phi) is 9.10. The van der Waals surface area contributed by atoms with Crippen molar-refractivity contribution in [2.45, 2.75) is 36.7 Å². The molecule has 0 saturated carbocycles. The summed E-state index contributed by atoms with van der Waals surface area (Å²) >= 11 is 13.8. The number of hydrogen-bond donors (Lipinski definition) is 2. The summed E-state index contributed by atoms with van der Waals surface area (Å²) in [5.74, 6) is 0.720. The molecule has 4 aromatic rings. The number of amides is 2. The number of aromatic nitrogens is 3. The molecule has 41 heavy (non-hydrogen) atoms. The van der Waals surface area contributed by atoms with Gasteiger partial charge in [-0.1, -0.05) is 59.2 Å². The van der Waals surface area contributed by atoms with Crippen LogP contribution in [0.1, 0.15) is 28.1 Å². The molecule has 15 heteroatoms. The molecule has 0 fully saturated rings. The molecule has 6 nitrogen and oxygen atoms in total. The summed E-state index contributed by atoms with van der Waals surface area (Å²) in [5.41, 5.74) is -1.25. The second-order valence-corrected chi connectivity index (χ2v) is 10.4. The number of hydrogen-bond acceptors (Lipinski definition) is 4. The first-order chi connectivity index (χ1) is 19.2. The molecule has 216 valence electrons. The van der Waals surface area contributed by atoms with Gasteiger partial charge in [0, 0.05) is 16.5 Å². The highest BCUT2D eigenvalue weighted by molar-refractivity contribution is 7.98. The summed E-state index contributed by atoms with van der Waals surface area (Å²) in [4.78, 5) is 12.5. The fourth-order valence-electron chi connectivity index (χ4n) is 3.69. The highest BCUT2D eigenvalue weighted by Gasteiger charge is 2.37.